The number of nitriles is 1. The first-order valence-electron chi connectivity index (χ1n) is 7.21. The molecule has 0 bridgehead atoms. The molecule has 0 atom stereocenters. The van der Waals surface area contributed by atoms with E-state index in [9.17, 15) is 10.1 Å². The first-order chi connectivity index (χ1) is 9.37. The van der Waals surface area contributed by atoms with E-state index < -0.39 is 5.41 Å². The quantitative estimate of drug-likeness (QED) is 0.882. The number of benzene rings is 1. The molecule has 3 heteroatoms. The predicted molar refractivity (Wildman–Crippen MR) is 80.3 cm³/mol. The number of carbonyl (C=O) groups is 1. The fraction of sp³-hybridized carbons (Fsp3) is 0.529. The molecule has 1 aromatic rings. The van der Waals surface area contributed by atoms with Gasteiger partial charge in [0.05, 0.1) is 6.07 Å². The maximum atomic E-state index is 12.3. The number of nitrogens with one attached hydrogen (secondary N) is 1. The molecule has 0 saturated heterocycles. The standard InChI is InChI=1S/C17H22N2O/c1-16(2,3)13-6-8-14(9-7-13)19-15(20)17(12-18)10-4-5-11-17/h6-9H,4-5,10-11H2,1-3H3,(H,19,20). The summed E-state index contributed by atoms with van der Waals surface area (Å²) in [7, 11) is 0. The van der Waals surface area contributed by atoms with Gasteiger partial charge in [-0.15, -0.1) is 0 Å². The van der Waals surface area contributed by atoms with Crippen molar-refractivity contribution in [3.8, 4) is 6.07 Å². The van der Waals surface area contributed by atoms with Crippen LogP contribution in [0.2, 0.25) is 0 Å². The Morgan fingerprint density at radius 1 is 1.20 bits per heavy atom. The predicted octanol–water partition coefficient (Wildman–Crippen LogP) is 4.01. The summed E-state index contributed by atoms with van der Waals surface area (Å²) in [6, 6.07) is 10.1. The van der Waals surface area contributed by atoms with Crippen LogP contribution in [0.4, 0.5) is 5.69 Å². The molecule has 3 nitrogen and oxygen atoms in total. The number of hydrogen-bond acceptors (Lipinski definition) is 2. The highest BCUT2D eigenvalue weighted by Gasteiger charge is 2.41. The van der Waals surface area contributed by atoms with Gasteiger partial charge in [-0.05, 0) is 36.0 Å². The van der Waals surface area contributed by atoms with Gasteiger partial charge in [0.15, 0.2) is 0 Å². The van der Waals surface area contributed by atoms with E-state index in [2.05, 4.69) is 32.2 Å². The number of hydrogen-bond donors (Lipinski definition) is 1. The van der Waals surface area contributed by atoms with E-state index in [0.717, 1.165) is 18.5 Å². The van der Waals surface area contributed by atoms with E-state index in [-0.39, 0.29) is 11.3 Å². The summed E-state index contributed by atoms with van der Waals surface area (Å²) in [6.45, 7) is 6.47. The molecule has 0 radical (unpaired) electrons. The van der Waals surface area contributed by atoms with Crippen molar-refractivity contribution < 1.29 is 4.79 Å². The largest absolute Gasteiger partial charge is 0.325 e. The number of anilines is 1. The lowest BCUT2D eigenvalue weighted by Crippen LogP contribution is -2.32. The van der Waals surface area contributed by atoms with E-state index >= 15 is 0 Å². The van der Waals surface area contributed by atoms with Crippen molar-refractivity contribution in [3.63, 3.8) is 0 Å². The average Bonchev–Trinajstić information content (AvgIpc) is 2.88. The van der Waals surface area contributed by atoms with Crippen LogP contribution in [-0.4, -0.2) is 5.91 Å². The van der Waals surface area contributed by atoms with E-state index in [1.807, 2.05) is 24.3 Å². The van der Waals surface area contributed by atoms with Crippen LogP contribution in [0.1, 0.15) is 52.0 Å². The molecular formula is C17H22N2O. The third kappa shape index (κ3) is 2.85. The van der Waals surface area contributed by atoms with Gasteiger partial charge in [0.2, 0.25) is 5.91 Å². The maximum Gasteiger partial charge on any atom is 0.244 e. The lowest BCUT2D eigenvalue weighted by Gasteiger charge is -2.21. The Morgan fingerprint density at radius 2 is 1.75 bits per heavy atom. The molecule has 106 valence electrons. The molecule has 1 N–H and O–H groups in total. The first kappa shape index (κ1) is 14.6. The van der Waals surface area contributed by atoms with Gasteiger partial charge in [0, 0.05) is 5.69 Å². The van der Waals surface area contributed by atoms with Crippen LogP contribution < -0.4 is 5.32 Å². The molecule has 2 rings (SSSR count). The zero-order valence-corrected chi connectivity index (χ0v) is 12.5. The third-order valence-corrected chi connectivity index (χ3v) is 4.11. The molecule has 1 fully saturated rings. The smallest absolute Gasteiger partial charge is 0.244 e. The molecule has 1 aliphatic rings. The summed E-state index contributed by atoms with van der Waals surface area (Å²) >= 11 is 0. The van der Waals surface area contributed by atoms with Gasteiger partial charge in [-0.3, -0.25) is 4.79 Å². The first-order valence-corrected chi connectivity index (χ1v) is 7.21. The normalized spacial score (nSPS) is 17.5. The fourth-order valence-corrected chi connectivity index (χ4v) is 2.67. The van der Waals surface area contributed by atoms with Crippen LogP contribution in [0, 0.1) is 16.7 Å². The Kier molecular flexibility index (Phi) is 3.85. The summed E-state index contributed by atoms with van der Waals surface area (Å²) in [5, 5.41) is 12.2. The second-order valence-corrected chi connectivity index (χ2v) is 6.68. The van der Waals surface area contributed by atoms with E-state index in [4.69, 9.17) is 0 Å². The monoisotopic (exact) mass is 270 g/mol. The number of carbonyl (C=O) groups excluding carboxylic acids is 1. The Hall–Kier alpha value is -1.82. The van der Waals surface area contributed by atoms with E-state index in [1.165, 1.54) is 5.56 Å². The van der Waals surface area contributed by atoms with Gasteiger partial charge in [-0.25, -0.2) is 0 Å². The highest BCUT2D eigenvalue weighted by atomic mass is 16.2. The Labute approximate surface area is 121 Å². The maximum absolute atomic E-state index is 12.3. The van der Waals surface area contributed by atoms with Gasteiger partial charge >= 0.3 is 0 Å². The van der Waals surface area contributed by atoms with Crippen LogP contribution in [0.25, 0.3) is 0 Å². The lowest BCUT2D eigenvalue weighted by molar-refractivity contribution is -0.122. The van der Waals surface area contributed by atoms with Gasteiger partial charge in [0.25, 0.3) is 0 Å². The number of amides is 1. The molecule has 1 aliphatic carbocycles. The molecule has 1 aromatic carbocycles. The second kappa shape index (κ2) is 5.28. The fourth-order valence-electron chi connectivity index (χ4n) is 2.67. The van der Waals surface area contributed by atoms with Crippen molar-refractivity contribution in [1.82, 2.24) is 0 Å². The van der Waals surface area contributed by atoms with E-state index in [1.54, 1.807) is 0 Å². The topological polar surface area (TPSA) is 52.9 Å². The highest BCUT2D eigenvalue weighted by molar-refractivity contribution is 5.97. The van der Waals surface area contributed by atoms with Gasteiger partial charge in [-0.1, -0.05) is 45.7 Å². The minimum atomic E-state index is -0.817. The zero-order chi connectivity index (χ0) is 14.8. The summed E-state index contributed by atoms with van der Waals surface area (Å²) in [4.78, 5) is 12.3. The molecule has 0 aromatic heterocycles. The second-order valence-electron chi connectivity index (χ2n) is 6.68. The Morgan fingerprint density at radius 3 is 2.20 bits per heavy atom. The van der Waals surface area contributed by atoms with E-state index in [0.29, 0.717) is 12.8 Å². The minimum absolute atomic E-state index is 0.0991. The molecule has 0 heterocycles. The van der Waals surface area contributed by atoms with Gasteiger partial charge < -0.3 is 5.32 Å². The van der Waals surface area contributed by atoms with Gasteiger partial charge in [0.1, 0.15) is 5.41 Å². The third-order valence-electron chi connectivity index (χ3n) is 4.11. The molecule has 20 heavy (non-hydrogen) atoms. The highest BCUT2D eigenvalue weighted by Crippen LogP contribution is 2.38. The van der Waals surface area contributed by atoms with Crippen molar-refractivity contribution >= 4 is 11.6 Å². The molecule has 0 unspecified atom stereocenters. The van der Waals surface area contributed by atoms with Crippen LogP contribution in [0.15, 0.2) is 24.3 Å². The van der Waals surface area contributed by atoms with Crippen molar-refractivity contribution in [2.75, 3.05) is 5.32 Å². The Bertz CT molecular complexity index is 526. The lowest BCUT2D eigenvalue weighted by atomic mass is 9.86. The van der Waals surface area contributed by atoms with Crippen molar-refractivity contribution in [2.24, 2.45) is 5.41 Å². The SMILES string of the molecule is CC(C)(C)c1ccc(NC(=O)C2(C#N)CCCC2)cc1. The molecule has 1 amide bonds. The summed E-state index contributed by atoms with van der Waals surface area (Å²) in [5.74, 6) is -0.152. The number of rotatable bonds is 2. The van der Waals surface area contributed by atoms with Crippen molar-refractivity contribution in [1.29, 1.82) is 5.26 Å². The average molecular weight is 270 g/mol. The molecule has 0 spiro atoms. The van der Waals surface area contributed by atoms with Crippen molar-refractivity contribution in [2.45, 2.75) is 51.9 Å². The zero-order valence-electron chi connectivity index (χ0n) is 12.5. The van der Waals surface area contributed by atoms with Crippen LogP contribution >= 0.6 is 0 Å². The van der Waals surface area contributed by atoms with Gasteiger partial charge in [-0.2, -0.15) is 5.26 Å². The Balaban J connectivity index is 2.11. The molecule has 1 saturated carbocycles. The molecule has 0 aliphatic heterocycles. The van der Waals surface area contributed by atoms with Crippen LogP contribution in [0.3, 0.4) is 0 Å². The summed E-state index contributed by atoms with van der Waals surface area (Å²) in [5.41, 5.74) is 1.28. The van der Waals surface area contributed by atoms with Crippen molar-refractivity contribution in [3.05, 3.63) is 29.8 Å². The minimum Gasteiger partial charge on any atom is -0.325 e. The summed E-state index contributed by atoms with van der Waals surface area (Å²) in [6.07, 6.45) is 3.28. The summed E-state index contributed by atoms with van der Waals surface area (Å²) < 4.78 is 0. The molecular weight excluding hydrogens is 248 g/mol. The van der Waals surface area contributed by atoms with Crippen LogP contribution in [0.5, 0.6) is 0 Å². The number of nitrogens with zero attached hydrogens (tertiary/aromatic N) is 1. The van der Waals surface area contributed by atoms with Crippen LogP contribution in [-0.2, 0) is 10.2 Å².